The summed E-state index contributed by atoms with van der Waals surface area (Å²) in [7, 11) is 3.03. The molecule has 1 aliphatic heterocycles. The molecule has 38 heavy (non-hydrogen) atoms. The van der Waals surface area contributed by atoms with Gasteiger partial charge in [0.15, 0.2) is 23.2 Å². The van der Waals surface area contributed by atoms with E-state index in [1.165, 1.54) is 19.2 Å². The molecule has 0 saturated heterocycles. The number of methoxy groups -OCH3 is 1. The Hall–Kier alpha value is -3.80. The normalized spacial score (nSPS) is 16.2. The van der Waals surface area contributed by atoms with Gasteiger partial charge in [0.05, 0.1) is 37.3 Å². The van der Waals surface area contributed by atoms with E-state index in [1.807, 2.05) is 39.6 Å². The highest BCUT2D eigenvalue weighted by molar-refractivity contribution is 6.03. The summed E-state index contributed by atoms with van der Waals surface area (Å²) in [5.74, 6) is -1.13. The van der Waals surface area contributed by atoms with E-state index in [0.717, 1.165) is 5.56 Å². The summed E-state index contributed by atoms with van der Waals surface area (Å²) in [4.78, 5) is 23.8. The van der Waals surface area contributed by atoms with Crippen LogP contribution in [0.2, 0.25) is 0 Å². The van der Waals surface area contributed by atoms with Crippen LogP contribution >= 0.6 is 0 Å². The number of fused-ring (bicyclic) bond motifs is 1. The van der Waals surface area contributed by atoms with Crippen LogP contribution in [0.3, 0.4) is 0 Å². The first kappa shape index (κ1) is 27.2. The van der Waals surface area contributed by atoms with Gasteiger partial charge in [0.1, 0.15) is 11.7 Å². The Morgan fingerprint density at radius 3 is 2.50 bits per heavy atom. The topological polar surface area (TPSA) is 106 Å². The van der Waals surface area contributed by atoms with E-state index in [-0.39, 0.29) is 18.6 Å². The van der Waals surface area contributed by atoms with Gasteiger partial charge in [-0.2, -0.15) is 10.1 Å². The van der Waals surface area contributed by atoms with Gasteiger partial charge >= 0.3 is 0 Å². The van der Waals surface area contributed by atoms with Gasteiger partial charge in [-0.05, 0) is 52.3 Å². The molecule has 1 aliphatic rings. The van der Waals surface area contributed by atoms with Crippen LogP contribution in [0.15, 0.2) is 24.5 Å². The summed E-state index contributed by atoms with van der Waals surface area (Å²) in [5.41, 5.74) is 2.02. The third-order valence-electron chi connectivity index (χ3n) is 6.07. The lowest BCUT2D eigenvalue weighted by molar-refractivity contribution is -0.124. The van der Waals surface area contributed by atoms with Crippen molar-refractivity contribution >= 4 is 23.4 Å². The zero-order chi connectivity index (χ0) is 27.8. The number of likely N-dealkylation sites (N-methyl/N-ethyl adjacent to an activating group) is 1. The van der Waals surface area contributed by atoms with E-state index in [9.17, 15) is 13.6 Å². The van der Waals surface area contributed by atoms with Gasteiger partial charge in [-0.3, -0.25) is 9.48 Å². The van der Waals surface area contributed by atoms with E-state index in [4.69, 9.17) is 9.47 Å². The molecule has 3 heterocycles. The quantitative estimate of drug-likeness (QED) is 0.453. The van der Waals surface area contributed by atoms with Crippen molar-refractivity contribution in [2.24, 2.45) is 0 Å². The van der Waals surface area contributed by atoms with Gasteiger partial charge in [0.2, 0.25) is 11.9 Å². The molecule has 1 aromatic carbocycles. The van der Waals surface area contributed by atoms with Gasteiger partial charge in [0, 0.05) is 25.4 Å². The maximum atomic E-state index is 14.0. The number of carbonyl (C=O) groups is 1. The summed E-state index contributed by atoms with van der Waals surface area (Å²) >= 11 is 0. The van der Waals surface area contributed by atoms with Gasteiger partial charge in [0.25, 0.3) is 0 Å². The van der Waals surface area contributed by atoms with E-state index in [0.29, 0.717) is 35.3 Å². The SMILES string of the molecule is COc1c(F)cc(Cn2cc(CNc3nc(C)c4c(n3)N(C)[C@@H]([C@H](C)OC(C)(C)C)C(=O)N4)cn2)cc1F. The van der Waals surface area contributed by atoms with E-state index in [1.54, 1.807) is 24.0 Å². The molecule has 10 nitrogen and oxygen atoms in total. The second kappa shape index (κ2) is 10.5. The smallest absolute Gasteiger partial charge is 0.249 e. The molecule has 0 bridgehead atoms. The van der Waals surface area contributed by atoms with Crippen LogP contribution in [-0.4, -0.2) is 57.6 Å². The van der Waals surface area contributed by atoms with Crippen molar-refractivity contribution in [3.8, 4) is 5.75 Å². The van der Waals surface area contributed by atoms with Crippen LogP contribution in [0.1, 0.15) is 44.5 Å². The van der Waals surface area contributed by atoms with Crippen molar-refractivity contribution in [3.63, 3.8) is 0 Å². The fourth-order valence-electron chi connectivity index (χ4n) is 4.54. The van der Waals surface area contributed by atoms with Gasteiger partial charge in [-0.1, -0.05) is 0 Å². The predicted molar refractivity (Wildman–Crippen MR) is 139 cm³/mol. The van der Waals surface area contributed by atoms with Crippen LogP contribution in [-0.2, 0) is 22.6 Å². The lowest BCUT2D eigenvalue weighted by Crippen LogP contribution is -2.54. The number of aromatic nitrogens is 4. The minimum Gasteiger partial charge on any atom is -0.491 e. The number of carbonyl (C=O) groups excluding carboxylic acids is 1. The summed E-state index contributed by atoms with van der Waals surface area (Å²) in [5, 5.41) is 10.4. The van der Waals surface area contributed by atoms with Crippen molar-refractivity contribution < 1.29 is 23.0 Å². The first-order valence-electron chi connectivity index (χ1n) is 12.2. The first-order chi connectivity index (χ1) is 17.9. The first-order valence-corrected chi connectivity index (χ1v) is 12.2. The van der Waals surface area contributed by atoms with Crippen LogP contribution in [0, 0.1) is 18.6 Å². The van der Waals surface area contributed by atoms with E-state index < -0.39 is 29.0 Å². The molecule has 0 spiro atoms. The lowest BCUT2D eigenvalue weighted by atomic mass is 10.1. The van der Waals surface area contributed by atoms with Gasteiger partial charge in [-0.25, -0.2) is 13.8 Å². The number of amides is 1. The molecule has 2 N–H and O–H groups in total. The number of benzene rings is 1. The third-order valence-corrected chi connectivity index (χ3v) is 6.07. The van der Waals surface area contributed by atoms with Crippen molar-refractivity contribution in [2.75, 3.05) is 29.7 Å². The highest BCUT2D eigenvalue weighted by Gasteiger charge is 2.39. The number of nitrogens with one attached hydrogen (secondary N) is 2. The molecule has 0 unspecified atom stereocenters. The summed E-state index contributed by atoms with van der Waals surface area (Å²) in [6.45, 7) is 10.1. The number of anilines is 3. The Morgan fingerprint density at radius 1 is 1.18 bits per heavy atom. The molecule has 0 saturated carbocycles. The standard InChI is InChI=1S/C26H33F2N7O3/c1-14-20-23(34(6)21(24(36)32-20)15(2)38-26(3,4)5)33-25(31-14)29-10-17-11-30-35(13-17)12-16-8-18(27)22(37-7)19(28)9-16/h8-9,11,13,15,21H,10,12H2,1-7H3,(H,32,36)(H,29,31,33)/t15-,21-/m0/s1. The molecule has 3 aromatic rings. The number of rotatable bonds is 8. The fourth-order valence-corrected chi connectivity index (χ4v) is 4.54. The zero-order valence-corrected chi connectivity index (χ0v) is 22.6. The maximum absolute atomic E-state index is 14.0. The number of halogens is 2. The highest BCUT2D eigenvalue weighted by atomic mass is 19.1. The molecule has 2 atom stereocenters. The predicted octanol–water partition coefficient (Wildman–Crippen LogP) is 3.89. The van der Waals surface area contributed by atoms with Crippen LogP contribution in [0.5, 0.6) is 5.75 Å². The van der Waals surface area contributed by atoms with Crippen molar-refractivity contribution in [3.05, 3.63) is 53.0 Å². The van der Waals surface area contributed by atoms with Gasteiger partial charge < -0.3 is 25.0 Å². The monoisotopic (exact) mass is 529 g/mol. The van der Waals surface area contributed by atoms with Crippen molar-refractivity contribution in [1.82, 2.24) is 19.7 Å². The zero-order valence-electron chi connectivity index (χ0n) is 22.6. The second-order valence-electron chi connectivity index (χ2n) is 10.3. The molecule has 0 fully saturated rings. The number of aryl methyl sites for hydroxylation is 1. The van der Waals surface area contributed by atoms with E-state index in [2.05, 4.69) is 25.7 Å². The Labute approximate surface area is 220 Å². The minimum atomic E-state index is -0.765. The molecule has 0 radical (unpaired) electrons. The highest BCUT2D eigenvalue weighted by Crippen LogP contribution is 2.34. The lowest BCUT2D eigenvalue weighted by Gasteiger charge is -2.39. The second-order valence-corrected chi connectivity index (χ2v) is 10.3. The van der Waals surface area contributed by atoms with Crippen LogP contribution < -0.4 is 20.3 Å². The fraction of sp³-hybridized carbons (Fsp3) is 0.462. The molecule has 1 amide bonds. The van der Waals surface area contributed by atoms with Gasteiger partial charge in [-0.15, -0.1) is 0 Å². The Kier molecular flexibility index (Phi) is 7.54. The molecule has 4 rings (SSSR count). The number of nitrogens with zero attached hydrogens (tertiary/aromatic N) is 5. The largest absolute Gasteiger partial charge is 0.491 e. The summed E-state index contributed by atoms with van der Waals surface area (Å²) in [6.07, 6.45) is 3.05. The summed E-state index contributed by atoms with van der Waals surface area (Å²) in [6, 6.07) is 1.89. The number of hydrogen-bond acceptors (Lipinski definition) is 8. The Bertz CT molecular complexity index is 1320. The van der Waals surface area contributed by atoms with Crippen LogP contribution in [0.25, 0.3) is 0 Å². The number of hydrogen-bond donors (Lipinski definition) is 2. The number of ether oxygens (including phenoxy) is 2. The van der Waals surface area contributed by atoms with Crippen molar-refractivity contribution in [1.29, 1.82) is 0 Å². The van der Waals surface area contributed by atoms with Crippen LogP contribution in [0.4, 0.5) is 26.2 Å². The minimum absolute atomic E-state index is 0.173. The van der Waals surface area contributed by atoms with Crippen molar-refractivity contribution in [2.45, 2.75) is 65.5 Å². The maximum Gasteiger partial charge on any atom is 0.249 e. The average Bonchev–Trinajstić information content (AvgIpc) is 3.24. The molecule has 0 aliphatic carbocycles. The van der Waals surface area contributed by atoms with E-state index >= 15 is 0 Å². The molecule has 12 heteroatoms. The Morgan fingerprint density at radius 2 is 1.87 bits per heavy atom. The molecule has 204 valence electrons. The average molecular weight is 530 g/mol. The molecule has 2 aromatic heterocycles. The summed E-state index contributed by atoms with van der Waals surface area (Å²) < 4.78 is 40.4. The molecular weight excluding hydrogens is 496 g/mol. The molecular formula is C26H33F2N7O3. The third kappa shape index (κ3) is 5.85. The Balaban J connectivity index is 1.46.